The van der Waals surface area contributed by atoms with Crippen molar-refractivity contribution in [2.45, 2.75) is 66.7 Å². The zero-order valence-corrected chi connectivity index (χ0v) is 30.8. The van der Waals surface area contributed by atoms with Crippen molar-refractivity contribution in [2.24, 2.45) is 11.3 Å². The Morgan fingerprint density at radius 2 is 1.50 bits per heavy atom. The van der Waals surface area contributed by atoms with E-state index in [9.17, 15) is 0 Å². The first kappa shape index (κ1) is 34.6. The van der Waals surface area contributed by atoms with Crippen molar-refractivity contribution in [1.82, 2.24) is 0 Å². The van der Waals surface area contributed by atoms with Crippen LogP contribution in [0.2, 0.25) is 0 Å². The largest absolute Gasteiger partial charge is 1.00 e. The van der Waals surface area contributed by atoms with Crippen molar-refractivity contribution in [3.05, 3.63) is 153 Å². The van der Waals surface area contributed by atoms with Gasteiger partial charge in [-0.3, -0.25) is 0 Å². The molecule has 0 spiro atoms. The summed E-state index contributed by atoms with van der Waals surface area (Å²) in [5.74, 6) is 0.991. The van der Waals surface area contributed by atoms with Gasteiger partial charge in [-0.1, -0.05) is 0 Å². The molecule has 0 nitrogen and oxygen atoms in total. The van der Waals surface area contributed by atoms with E-state index in [1.807, 2.05) is 0 Å². The average Bonchev–Trinajstić information content (AvgIpc) is 3.66. The smallest absolute Gasteiger partial charge is 1.00 e. The second-order valence-electron chi connectivity index (χ2n) is 12.6. The Bertz CT molecular complexity index is 1760. The number of hydrogen-bond donors (Lipinski definition) is 0. The maximum absolute atomic E-state index is 2.60. The van der Waals surface area contributed by atoms with Gasteiger partial charge in [0.1, 0.15) is 0 Å². The Kier molecular flexibility index (Phi) is 11.3. The fourth-order valence-electron chi connectivity index (χ4n) is 7.30. The minimum absolute atomic E-state index is 0. The number of halogens is 2. The van der Waals surface area contributed by atoms with Gasteiger partial charge in [0.2, 0.25) is 0 Å². The topological polar surface area (TPSA) is 0 Å². The summed E-state index contributed by atoms with van der Waals surface area (Å²) in [6.45, 7) is 14.3. The second kappa shape index (κ2) is 14.4. The monoisotopic (exact) mass is 695 g/mol. The first-order valence-corrected chi connectivity index (χ1v) is 18.3. The van der Waals surface area contributed by atoms with Gasteiger partial charge in [0.15, 0.2) is 0 Å². The third-order valence-corrected chi connectivity index (χ3v) is 13.6. The molecule has 3 aromatic carbocycles. The molecule has 0 aromatic heterocycles. The van der Waals surface area contributed by atoms with E-state index in [0.29, 0.717) is 11.8 Å². The van der Waals surface area contributed by atoms with Crippen LogP contribution in [0, 0.1) is 11.3 Å². The average molecular weight is 698 g/mol. The van der Waals surface area contributed by atoms with E-state index in [4.69, 9.17) is 0 Å². The third-order valence-electron chi connectivity index (χ3n) is 9.66. The van der Waals surface area contributed by atoms with Crippen LogP contribution < -0.4 is 35.3 Å². The molecular weight excluding hydrogens is 655 g/mol. The predicted molar refractivity (Wildman–Crippen MR) is 178 cm³/mol. The summed E-state index contributed by atoms with van der Waals surface area (Å²) in [6, 6.07) is 27.5. The van der Waals surface area contributed by atoms with E-state index in [2.05, 4.69) is 145 Å². The van der Waals surface area contributed by atoms with Gasteiger partial charge in [0, 0.05) is 0 Å². The molecule has 3 heteroatoms. The molecule has 0 amide bonds. The maximum Gasteiger partial charge on any atom is -1.00 e. The van der Waals surface area contributed by atoms with Crippen LogP contribution in [-0.4, -0.2) is 3.21 Å². The van der Waals surface area contributed by atoms with Crippen LogP contribution in [0.1, 0.15) is 82.6 Å². The molecule has 6 rings (SSSR count). The standard InChI is InChI=1S/C28H33.C13H10.2ClH.Zr/c1-7-20-15-22-17-25-23(26(22)24(16-20)18(3)4)13-14-28(8-2,19(5)6)27(25)21-11-9-10-12-21;1-3-7-12(8-4-1)11-13-9-5-2-6-10-13;;;/h9-11,13-16,18-19H,7-8,12H2,1-6H3;1-10H;2*1H;/q;;;;+2/p-2. The number of hydrogen-bond acceptors (Lipinski definition) is 0. The Hall–Kier alpha value is -2.31. The zero-order valence-electron chi connectivity index (χ0n) is 26.8. The summed E-state index contributed by atoms with van der Waals surface area (Å²) >= 11 is -1.30. The molecule has 1 atom stereocenters. The Labute approximate surface area is 288 Å². The van der Waals surface area contributed by atoms with Crippen molar-refractivity contribution in [3.8, 4) is 0 Å². The van der Waals surface area contributed by atoms with Gasteiger partial charge in [-0.05, 0) is 0 Å². The van der Waals surface area contributed by atoms with Crippen LogP contribution in [-0.2, 0) is 29.2 Å². The van der Waals surface area contributed by atoms with Gasteiger partial charge in [-0.15, -0.1) is 0 Å². The summed E-state index contributed by atoms with van der Waals surface area (Å²) < 4.78 is 3.25. The van der Waals surface area contributed by atoms with Crippen LogP contribution >= 0.6 is 0 Å². The first-order chi connectivity index (χ1) is 20.4. The normalized spacial score (nSPS) is 18.1. The quantitative estimate of drug-likeness (QED) is 0.340. The number of rotatable bonds is 8. The van der Waals surface area contributed by atoms with Crippen molar-refractivity contribution in [3.63, 3.8) is 0 Å². The summed E-state index contributed by atoms with van der Waals surface area (Å²) in [4.78, 5) is 0. The van der Waals surface area contributed by atoms with E-state index in [0.717, 1.165) is 19.3 Å². The molecule has 3 aliphatic rings. The fraction of sp³-hybridized carbons (Fsp3) is 0.293. The summed E-state index contributed by atoms with van der Waals surface area (Å²) in [7, 11) is 0. The number of allylic oxidation sites excluding steroid dienone is 8. The Morgan fingerprint density at radius 1 is 0.864 bits per heavy atom. The SMILES string of the molecule is CCc1cc(C(C)C)c2c(c1)=[C]([Zr+2]=[C](c1ccccc1)c1ccccc1)C1=C(C3=CC=CC3)C(CC)(C(C)C)C=CC=21.[Cl-].[Cl-]. The molecule has 0 aliphatic heterocycles. The molecule has 0 N–H and O–H groups in total. The van der Waals surface area contributed by atoms with Crippen molar-refractivity contribution in [2.75, 3.05) is 0 Å². The number of fused-ring (bicyclic) bond motifs is 2. The van der Waals surface area contributed by atoms with Crippen LogP contribution in [0.5, 0.6) is 0 Å². The molecule has 0 saturated carbocycles. The molecule has 0 bridgehead atoms. The van der Waals surface area contributed by atoms with E-state index in [-0.39, 0.29) is 30.2 Å². The van der Waals surface area contributed by atoms with Crippen LogP contribution in [0.3, 0.4) is 0 Å². The molecule has 0 radical (unpaired) electrons. The minimum atomic E-state index is -1.30. The van der Waals surface area contributed by atoms with Gasteiger partial charge in [0.25, 0.3) is 0 Å². The van der Waals surface area contributed by atoms with Crippen LogP contribution in [0.15, 0.2) is 120 Å². The zero-order chi connectivity index (χ0) is 29.4. The van der Waals surface area contributed by atoms with Crippen molar-refractivity contribution in [1.29, 1.82) is 0 Å². The molecule has 3 aliphatic carbocycles. The second-order valence-corrected chi connectivity index (χ2v) is 15.7. The van der Waals surface area contributed by atoms with Gasteiger partial charge in [-0.25, -0.2) is 0 Å². The molecule has 3 aromatic rings. The van der Waals surface area contributed by atoms with E-state index < -0.39 is 22.8 Å². The molecular formula is C41H43Cl2Zr. The van der Waals surface area contributed by atoms with Gasteiger partial charge in [0.05, 0.1) is 0 Å². The van der Waals surface area contributed by atoms with Crippen LogP contribution in [0.25, 0.3) is 8.85 Å². The van der Waals surface area contributed by atoms with Gasteiger partial charge < -0.3 is 24.8 Å². The third kappa shape index (κ3) is 5.98. The molecule has 44 heavy (non-hydrogen) atoms. The number of aryl methyl sites for hydroxylation is 1. The van der Waals surface area contributed by atoms with Gasteiger partial charge in [-0.2, -0.15) is 0 Å². The molecule has 0 saturated heterocycles. The predicted octanol–water partition coefficient (Wildman–Crippen LogP) is 2.81. The molecule has 225 valence electrons. The molecule has 0 heterocycles. The summed E-state index contributed by atoms with van der Waals surface area (Å²) in [6.07, 6.45) is 15.4. The van der Waals surface area contributed by atoms with E-state index >= 15 is 0 Å². The van der Waals surface area contributed by atoms with Crippen molar-refractivity contribution >= 4 is 12.1 Å². The summed E-state index contributed by atoms with van der Waals surface area (Å²) in [5.41, 5.74) is 12.0. The fourth-order valence-corrected chi connectivity index (χ4v) is 11.2. The molecule has 0 fully saturated rings. The first-order valence-electron chi connectivity index (χ1n) is 15.9. The van der Waals surface area contributed by atoms with Gasteiger partial charge >= 0.3 is 265 Å². The maximum atomic E-state index is 2.60. The van der Waals surface area contributed by atoms with E-state index in [1.54, 1.807) is 17.6 Å². The Balaban J connectivity index is 0.00000221. The van der Waals surface area contributed by atoms with E-state index in [1.165, 1.54) is 43.8 Å². The minimum Gasteiger partial charge on any atom is -1.00 e. The summed E-state index contributed by atoms with van der Waals surface area (Å²) in [5, 5.41) is 3.05. The number of benzene rings is 3. The van der Waals surface area contributed by atoms with Crippen LogP contribution in [0.4, 0.5) is 0 Å². The molecule has 1 unspecified atom stereocenters. The Morgan fingerprint density at radius 3 is 2.00 bits per heavy atom. The van der Waals surface area contributed by atoms with Crippen molar-refractivity contribution < 1.29 is 47.6 Å².